The van der Waals surface area contributed by atoms with Crippen molar-refractivity contribution in [1.29, 1.82) is 0 Å². The van der Waals surface area contributed by atoms with Crippen LogP contribution in [0.5, 0.6) is 0 Å². The minimum atomic E-state index is -0.0392. The highest BCUT2D eigenvalue weighted by Crippen LogP contribution is 2.27. The van der Waals surface area contributed by atoms with Gasteiger partial charge in [0.25, 0.3) is 5.91 Å². The summed E-state index contributed by atoms with van der Waals surface area (Å²) in [7, 11) is 0. The lowest BCUT2D eigenvalue weighted by molar-refractivity contribution is 0.0903. The van der Waals surface area contributed by atoms with E-state index >= 15 is 0 Å². The molecular weight excluding hydrogens is 238 g/mol. The molecule has 2 unspecified atom stereocenters. The number of aromatic nitrogens is 1. The Labute approximate surface area is 114 Å². The van der Waals surface area contributed by atoms with Crippen molar-refractivity contribution >= 4 is 11.6 Å². The Morgan fingerprint density at radius 3 is 2.95 bits per heavy atom. The van der Waals surface area contributed by atoms with Crippen LogP contribution in [0.1, 0.15) is 55.1 Å². The predicted molar refractivity (Wildman–Crippen MR) is 76.9 cm³/mol. The average Bonchev–Trinajstić information content (AvgIpc) is 2.42. The van der Waals surface area contributed by atoms with Gasteiger partial charge in [-0.15, -0.1) is 0 Å². The van der Waals surface area contributed by atoms with E-state index in [0.717, 1.165) is 18.5 Å². The summed E-state index contributed by atoms with van der Waals surface area (Å²) in [6.45, 7) is 4.04. The SMILES string of the molecule is CCC1CCCCC1NC(=O)c1cc(N)cnc1C. The van der Waals surface area contributed by atoms with Gasteiger partial charge in [-0.2, -0.15) is 0 Å². The number of hydrogen-bond donors (Lipinski definition) is 2. The van der Waals surface area contributed by atoms with Crippen molar-refractivity contribution in [3.8, 4) is 0 Å². The molecule has 3 N–H and O–H groups in total. The second kappa shape index (κ2) is 6.04. The molecule has 4 nitrogen and oxygen atoms in total. The summed E-state index contributed by atoms with van der Waals surface area (Å²) in [6, 6.07) is 2.01. The number of anilines is 1. The molecule has 0 spiro atoms. The van der Waals surface area contributed by atoms with E-state index in [-0.39, 0.29) is 5.91 Å². The third-order valence-corrected chi connectivity index (χ3v) is 4.10. The largest absolute Gasteiger partial charge is 0.397 e. The molecule has 1 aliphatic rings. The molecule has 0 radical (unpaired) electrons. The van der Waals surface area contributed by atoms with Gasteiger partial charge in [-0.25, -0.2) is 0 Å². The Bertz CT molecular complexity index is 459. The zero-order chi connectivity index (χ0) is 13.8. The number of hydrogen-bond acceptors (Lipinski definition) is 3. The number of nitrogen functional groups attached to an aromatic ring is 1. The van der Waals surface area contributed by atoms with Crippen molar-refractivity contribution in [2.45, 2.75) is 52.0 Å². The molecule has 1 aromatic heterocycles. The highest BCUT2D eigenvalue weighted by Gasteiger charge is 2.25. The maximum absolute atomic E-state index is 12.3. The molecule has 1 fully saturated rings. The maximum atomic E-state index is 12.3. The Kier molecular flexibility index (Phi) is 4.40. The summed E-state index contributed by atoms with van der Waals surface area (Å²) in [5, 5.41) is 3.17. The van der Waals surface area contributed by atoms with Crippen molar-refractivity contribution < 1.29 is 4.79 Å². The first-order chi connectivity index (χ1) is 9.11. The highest BCUT2D eigenvalue weighted by atomic mass is 16.1. The lowest BCUT2D eigenvalue weighted by atomic mass is 9.83. The normalized spacial score (nSPS) is 23.1. The van der Waals surface area contributed by atoms with E-state index in [1.54, 1.807) is 12.3 Å². The van der Waals surface area contributed by atoms with Crippen LogP contribution in [0, 0.1) is 12.8 Å². The van der Waals surface area contributed by atoms with Gasteiger partial charge in [-0.3, -0.25) is 9.78 Å². The summed E-state index contributed by atoms with van der Waals surface area (Å²) >= 11 is 0. The molecule has 0 bridgehead atoms. The van der Waals surface area contributed by atoms with E-state index in [1.165, 1.54) is 19.3 Å². The van der Waals surface area contributed by atoms with E-state index in [1.807, 2.05) is 6.92 Å². The van der Waals surface area contributed by atoms with Crippen LogP contribution in [0.25, 0.3) is 0 Å². The van der Waals surface area contributed by atoms with Gasteiger partial charge in [-0.1, -0.05) is 26.2 Å². The lowest BCUT2D eigenvalue weighted by Crippen LogP contribution is -2.42. The van der Waals surface area contributed by atoms with Crippen LogP contribution < -0.4 is 11.1 Å². The van der Waals surface area contributed by atoms with E-state index in [4.69, 9.17) is 5.73 Å². The topological polar surface area (TPSA) is 68.0 Å². The van der Waals surface area contributed by atoms with Gasteiger partial charge in [0.1, 0.15) is 0 Å². The molecule has 1 amide bonds. The number of nitrogens with two attached hydrogens (primary N) is 1. The maximum Gasteiger partial charge on any atom is 0.253 e. The molecule has 4 heteroatoms. The van der Waals surface area contributed by atoms with Crippen LogP contribution in [0.3, 0.4) is 0 Å². The van der Waals surface area contributed by atoms with Gasteiger partial charge < -0.3 is 11.1 Å². The molecule has 0 saturated heterocycles. The lowest BCUT2D eigenvalue weighted by Gasteiger charge is -2.31. The Hall–Kier alpha value is -1.58. The fourth-order valence-electron chi connectivity index (χ4n) is 2.91. The van der Waals surface area contributed by atoms with Crippen molar-refractivity contribution in [2.75, 3.05) is 5.73 Å². The van der Waals surface area contributed by atoms with Gasteiger partial charge in [0.15, 0.2) is 0 Å². The fraction of sp³-hybridized carbons (Fsp3) is 0.600. The molecule has 0 aromatic carbocycles. The Balaban J connectivity index is 2.09. The number of carbonyl (C=O) groups excluding carboxylic acids is 1. The van der Waals surface area contributed by atoms with E-state index in [0.29, 0.717) is 23.2 Å². The van der Waals surface area contributed by atoms with Gasteiger partial charge in [0.2, 0.25) is 0 Å². The van der Waals surface area contributed by atoms with Crippen molar-refractivity contribution in [3.63, 3.8) is 0 Å². The summed E-state index contributed by atoms with van der Waals surface area (Å²) in [6.07, 6.45) is 7.49. The Morgan fingerprint density at radius 1 is 1.47 bits per heavy atom. The fourth-order valence-corrected chi connectivity index (χ4v) is 2.91. The molecule has 1 heterocycles. The van der Waals surface area contributed by atoms with Crippen molar-refractivity contribution in [3.05, 3.63) is 23.5 Å². The van der Waals surface area contributed by atoms with E-state index in [2.05, 4.69) is 17.2 Å². The number of nitrogens with one attached hydrogen (secondary N) is 1. The van der Waals surface area contributed by atoms with Gasteiger partial charge >= 0.3 is 0 Å². The second-order valence-corrected chi connectivity index (χ2v) is 5.43. The standard InChI is InChI=1S/C15H23N3O/c1-3-11-6-4-5-7-14(11)18-15(19)13-8-12(16)9-17-10(13)2/h8-9,11,14H,3-7,16H2,1-2H3,(H,18,19). The Morgan fingerprint density at radius 2 is 2.21 bits per heavy atom. The molecule has 2 rings (SSSR count). The van der Waals surface area contributed by atoms with Crippen molar-refractivity contribution in [1.82, 2.24) is 10.3 Å². The number of amides is 1. The van der Waals surface area contributed by atoms with Crippen molar-refractivity contribution in [2.24, 2.45) is 5.92 Å². The summed E-state index contributed by atoms with van der Waals surface area (Å²) in [4.78, 5) is 16.5. The zero-order valence-corrected chi connectivity index (χ0v) is 11.8. The third kappa shape index (κ3) is 3.25. The number of aryl methyl sites for hydroxylation is 1. The summed E-state index contributed by atoms with van der Waals surface area (Å²) in [5.41, 5.74) is 7.57. The molecule has 2 atom stereocenters. The van der Waals surface area contributed by atoms with Crippen LogP contribution in [-0.4, -0.2) is 16.9 Å². The van der Waals surface area contributed by atoms with Crippen LogP contribution in [-0.2, 0) is 0 Å². The monoisotopic (exact) mass is 261 g/mol. The van der Waals surface area contributed by atoms with Gasteiger partial charge in [0, 0.05) is 6.04 Å². The molecule has 19 heavy (non-hydrogen) atoms. The minimum absolute atomic E-state index is 0.0392. The number of rotatable bonds is 3. The first kappa shape index (κ1) is 13.8. The summed E-state index contributed by atoms with van der Waals surface area (Å²) < 4.78 is 0. The van der Waals surface area contributed by atoms with E-state index < -0.39 is 0 Å². The minimum Gasteiger partial charge on any atom is -0.397 e. The quantitative estimate of drug-likeness (QED) is 0.879. The molecule has 0 aliphatic heterocycles. The number of nitrogens with zero attached hydrogens (tertiary/aromatic N) is 1. The molecule has 1 aromatic rings. The smallest absolute Gasteiger partial charge is 0.253 e. The van der Waals surface area contributed by atoms with Gasteiger partial charge in [0.05, 0.1) is 23.1 Å². The predicted octanol–water partition coefficient (Wildman–Crippen LogP) is 2.67. The number of carbonyl (C=O) groups is 1. The average molecular weight is 261 g/mol. The van der Waals surface area contributed by atoms with Crippen LogP contribution in [0.15, 0.2) is 12.3 Å². The third-order valence-electron chi connectivity index (χ3n) is 4.10. The molecule has 1 aliphatic carbocycles. The van der Waals surface area contributed by atoms with Crippen LogP contribution in [0.4, 0.5) is 5.69 Å². The highest BCUT2D eigenvalue weighted by molar-refractivity contribution is 5.96. The summed E-state index contributed by atoms with van der Waals surface area (Å²) in [5.74, 6) is 0.565. The first-order valence-electron chi connectivity index (χ1n) is 7.14. The molecule has 1 saturated carbocycles. The zero-order valence-electron chi connectivity index (χ0n) is 11.8. The number of pyridine rings is 1. The van der Waals surface area contributed by atoms with Crippen LogP contribution in [0.2, 0.25) is 0 Å². The van der Waals surface area contributed by atoms with Gasteiger partial charge in [-0.05, 0) is 31.7 Å². The van der Waals surface area contributed by atoms with E-state index in [9.17, 15) is 4.79 Å². The van der Waals surface area contributed by atoms with Crippen LogP contribution >= 0.6 is 0 Å². The first-order valence-corrected chi connectivity index (χ1v) is 7.14. The second-order valence-electron chi connectivity index (χ2n) is 5.43. The molecular formula is C15H23N3O. The molecule has 104 valence electrons.